The summed E-state index contributed by atoms with van der Waals surface area (Å²) in [7, 11) is 0. The van der Waals surface area contributed by atoms with Crippen LogP contribution in [0.2, 0.25) is 5.02 Å². The lowest BCUT2D eigenvalue weighted by Gasteiger charge is -2.11. The van der Waals surface area contributed by atoms with Gasteiger partial charge in [-0.3, -0.25) is 14.4 Å². The first-order valence-electron chi connectivity index (χ1n) is 12.5. The second-order valence-electron chi connectivity index (χ2n) is 8.72. The van der Waals surface area contributed by atoms with Crippen molar-refractivity contribution in [2.24, 2.45) is 5.10 Å². The van der Waals surface area contributed by atoms with E-state index in [1.807, 2.05) is 30.3 Å². The van der Waals surface area contributed by atoms with Gasteiger partial charge >= 0.3 is 17.8 Å². The van der Waals surface area contributed by atoms with E-state index < -0.39 is 23.7 Å². The first-order chi connectivity index (χ1) is 20.4. The molecule has 3 N–H and O–H groups in total. The highest BCUT2D eigenvalue weighted by Crippen LogP contribution is 2.35. The molecule has 42 heavy (non-hydrogen) atoms. The molecule has 9 nitrogen and oxygen atoms in total. The minimum atomic E-state index is -1.03. The molecule has 4 aromatic carbocycles. The molecular formula is C31H21ClN4O5S. The minimum Gasteiger partial charge on any atom is -0.422 e. The number of esters is 1. The standard InChI is InChI=1S/C31H21ClN4O5S/c32-26-23-11-5-7-13-25(23)42-27(26)31(40)41-21-16-14-19(15-17-21)18-33-36-30(39)29(38)35-24-12-6-4-10-22(24)28(37)34-20-8-2-1-3-9-20/h1-18H,(H,34,37)(H,35,38)(H,36,39). The van der Waals surface area contributed by atoms with E-state index in [0.717, 1.165) is 10.1 Å². The molecule has 0 aliphatic carbocycles. The number of amides is 3. The zero-order valence-electron chi connectivity index (χ0n) is 21.7. The van der Waals surface area contributed by atoms with Crippen LogP contribution in [0, 0.1) is 0 Å². The lowest BCUT2D eigenvalue weighted by atomic mass is 10.1. The molecule has 0 saturated carbocycles. The number of para-hydroxylation sites is 2. The van der Waals surface area contributed by atoms with Crippen LogP contribution in [0.25, 0.3) is 10.1 Å². The number of nitrogens with zero attached hydrogens (tertiary/aromatic N) is 1. The fraction of sp³-hybridized carbons (Fsp3) is 0. The Balaban J connectivity index is 1.15. The summed E-state index contributed by atoms with van der Waals surface area (Å²) in [6.45, 7) is 0. The number of thiophene rings is 1. The van der Waals surface area contributed by atoms with Gasteiger partial charge in [0.1, 0.15) is 10.6 Å². The number of ether oxygens (including phenoxy) is 1. The third-order valence-corrected chi connectivity index (χ3v) is 7.50. The molecule has 0 atom stereocenters. The van der Waals surface area contributed by atoms with Gasteiger partial charge in [0.25, 0.3) is 5.91 Å². The minimum absolute atomic E-state index is 0.164. The predicted octanol–water partition coefficient (Wildman–Crippen LogP) is 6.12. The maximum absolute atomic E-state index is 12.7. The van der Waals surface area contributed by atoms with Crippen LogP contribution in [0.4, 0.5) is 11.4 Å². The van der Waals surface area contributed by atoms with Crippen molar-refractivity contribution in [1.29, 1.82) is 0 Å². The summed E-state index contributed by atoms with van der Waals surface area (Å²) < 4.78 is 6.33. The van der Waals surface area contributed by atoms with Gasteiger partial charge in [-0.15, -0.1) is 11.3 Å². The molecule has 0 aliphatic heterocycles. The van der Waals surface area contributed by atoms with Crippen molar-refractivity contribution in [3.63, 3.8) is 0 Å². The second kappa shape index (κ2) is 12.9. The van der Waals surface area contributed by atoms with Gasteiger partial charge in [-0.1, -0.05) is 60.1 Å². The van der Waals surface area contributed by atoms with Gasteiger partial charge in [0, 0.05) is 15.8 Å². The van der Waals surface area contributed by atoms with Crippen LogP contribution >= 0.6 is 22.9 Å². The lowest BCUT2D eigenvalue weighted by Crippen LogP contribution is -2.33. The summed E-state index contributed by atoms with van der Waals surface area (Å²) in [6, 6.07) is 28.9. The number of halogens is 1. The van der Waals surface area contributed by atoms with Crippen molar-refractivity contribution in [3.05, 3.63) is 124 Å². The van der Waals surface area contributed by atoms with Crippen molar-refractivity contribution < 1.29 is 23.9 Å². The maximum Gasteiger partial charge on any atom is 0.355 e. The molecule has 1 aromatic heterocycles. The van der Waals surface area contributed by atoms with E-state index in [4.69, 9.17) is 16.3 Å². The van der Waals surface area contributed by atoms with Crippen LogP contribution in [-0.4, -0.2) is 29.9 Å². The molecule has 11 heteroatoms. The monoisotopic (exact) mass is 596 g/mol. The summed E-state index contributed by atoms with van der Waals surface area (Å²) in [5, 5.41) is 10.1. The number of benzene rings is 4. The maximum atomic E-state index is 12.7. The van der Waals surface area contributed by atoms with Crippen LogP contribution in [0.1, 0.15) is 25.6 Å². The average Bonchev–Trinajstić information content (AvgIpc) is 3.35. The normalized spacial score (nSPS) is 10.8. The van der Waals surface area contributed by atoms with E-state index >= 15 is 0 Å². The lowest BCUT2D eigenvalue weighted by molar-refractivity contribution is -0.136. The zero-order chi connectivity index (χ0) is 29.5. The number of anilines is 2. The van der Waals surface area contributed by atoms with E-state index in [-0.39, 0.29) is 11.3 Å². The van der Waals surface area contributed by atoms with Crippen molar-refractivity contribution in [1.82, 2.24) is 5.43 Å². The Labute approximate surface area is 248 Å². The fourth-order valence-electron chi connectivity index (χ4n) is 3.83. The number of hydrogen-bond donors (Lipinski definition) is 3. The van der Waals surface area contributed by atoms with Crippen LogP contribution in [0.3, 0.4) is 0 Å². The summed E-state index contributed by atoms with van der Waals surface area (Å²) in [5.74, 6) is -2.76. The largest absolute Gasteiger partial charge is 0.422 e. The highest BCUT2D eigenvalue weighted by Gasteiger charge is 2.19. The molecule has 3 amide bonds. The molecule has 1 heterocycles. The molecule has 0 saturated heterocycles. The van der Waals surface area contributed by atoms with Crippen molar-refractivity contribution >= 4 is 74.3 Å². The number of hydrogen-bond acceptors (Lipinski definition) is 7. The summed E-state index contributed by atoms with van der Waals surface area (Å²) in [5.41, 5.74) is 3.65. The first-order valence-corrected chi connectivity index (χ1v) is 13.7. The van der Waals surface area contributed by atoms with Crippen molar-refractivity contribution in [2.45, 2.75) is 0 Å². The first kappa shape index (κ1) is 28.2. The zero-order valence-corrected chi connectivity index (χ0v) is 23.2. The van der Waals surface area contributed by atoms with E-state index in [9.17, 15) is 19.2 Å². The molecule has 208 valence electrons. The average molecular weight is 597 g/mol. The SMILES string of the molecule is O=C(NN=Cc1ccc(OC(=O)c2sc3ccccc3c2Cl)cc1)C(=O)Nc1ccccc1C(=O)Nc1ccccc1. The Bertz CT molecular complexity index is 1820. The summed E-state index contributed by atoms with van der Waals surface area (Å²) in [4.78, 5) is 50.4. The quantitative estimate of drug-likeness (QED) is 0.0686. The topological polar surface area (TPSA) is 126 Å². The Kier molecular flexibility index (Phi) is 8.67. The molecule has 5 rings (SSSR count). The van der Waals surface area contributed by atoms with Crippen LogP contribution in [-0.2, 0) is 9.59 Å². The van der Waals surface area contributed by atoms with Crippen LogP contribution in [0.5, 0.6) is 5.75 Å². The van der Waals surface area contributed by atoms with E-state index in [1.54, 1.807) is 60.7 Å². The summed E-state index contributed by atoms with van der Waals surface area (Å²) in [6.07, 6.45) is 1.32. The molecule has 0 spiro atoms. The molecule has 0 fully saturated rings. The Morgan fingerprint density at radius 1 is 0.762 bits per heavy atom. The number of nitrogens with one attached hydrogen (secondary N) is 3. The Morgan fingerprint density at radius 2 is 1.45 bits per heavy atom. The van der Waals surface area contributed by atoms with Gasteiger partial charge < -0.3 is 15.4 Å². The van der Waals surface area contributed by atoms with Gasteiger partial charge in [0.2, 0.25) is 0 Å². The van der Waals surface area contributed by atoms with Crippen LogP contribution in [0.15, 0.2) is 108 Å². The van der Waals surface area contributed by atoms with Crippen molar-refractivity contribution in [3.8, 4) is 5.75 Å². The van der Waals surface area contributed by atoms with E-state index in [1.165, 1.54) is 29.7 Å². The molecule has 5 aromatic rings. The Morgan fingerprint density at radius 3 is 2.21 bits per heavy atom. The third kappa shape index (κ3) is 6.69. The van der Waals surface area contributed by atoms with Gasteiger partial charge in [0.15, 0.2) is 0 Å². The molecule has 0 bridgehead atoms. The van der Waals surface area contributed by atoms with Crippen molar-refractivity contribution in [2.75, 3.05) is 10.6 Å². The summed E-state index contributed by atoms with van der Waals surface area (Å²) >= 11 is 7.61. The second-order valence-corrected chi connectivity index (χ2v) is 10.1. The number of rotatable bonds is 7. The van der Waals surface area contributed by atoms with E-state index in [0.29, 0.717) is 26.9 Å². The predicted molar refractivity (Wildman–Crippen MR) is 163 cm³/mol. The van der Waals surface area contributed by atoms with Gasteiger partial charge in [-0.25, -0.2) is 10.2 Å². The van der Waals surface area contributed by atoms with Crippen LogP contribution < -0.4 is 20.8 Å². The van der Waals surface area contributed by atoms with Gasteiger partial charge in [-0.2, -0.15) is 5.10 Å². The number of fused-ring (bicyclic) bond motifs is 1. The fourth-order valence-corrected chi connectivity index (χ4v) is 5.21. The Hall–Kier alpha value is -5.32. The van der Waals surface area contributed by atoms with E-state index in [2.05, 4.69) is 21.2 Å². The number of carbonyl (C=O) groups is 4. The van der Waals surface area contributed by atoms with Gasteiger partial charge in [-0.05, 0) is 60.2 Å². The highest BCUT2D eigenvalue weighted by atomic mass is 35.5. The molecule has 0 unspecified atom stereocenters. The molecular weight excluding hydrogens is 576 g/mol. The number of hydrazone groups is 1. The van der Waals surface area contributed by atoms with Gasteiger partial charge in [0.05, 0.1) is 22.5 Å². The molecule has 0 radical (unpaired) electrons. The number of carbonyl (C=O) groups excluding carboxylic acids is 4. The highest BCUT2D eigenvalue weighted by molar-refractivity contribution is 7.21. The third-order valence-electron chi connectivity index (χ3n) is 5.85. The smallest absolute Gasteiger partial charge is 0.355 e. The molecule has 0 aliphatic rings.